The second-order valence-electron chi connectivity index (χ2n) is 5.28. The monoisotopic (exact) mass is 269 g/mol. The second-order valence-corrected chi connectivity index (χ2v) is 5.28. The van der Waals surface area contributed by atoms with Crippen LogP contribution >= 0.6 is 0 Å². The standard InChI is InChI=1S/C18H23NO/c1-14(2)17-10-6-7-11-18(17)20-13-16-9-5-4-8-15(16)12-19-3/h4-11,14,19H,12-13H2,1-3H3. The minimum Gasteiger partial charge on any atom is -0.489 e. The van der Waals surface area contributed by atoms with Gasteiger partial charge in [0.25, 0.3) is 0 Å². The topological polar surface area (TPSA) is 21.3 Å². The maximum atomic E-state index is 6.04. The molecule has 0 saturated carbocycles. The highest BCUT2D eigenvalue weighted by Gasteiger charge is 2.08. The van der Waals surface area contributed by atoms with Crippen LogP contribution in [-0.2, 0) is 13.2 Å². The molecule has 106 valence electrons. The van der Waals surface area contributed by atoms with E-state index in [9.17, 15) is 0 Å². The molecule has 2 heteroatoms. The second kappa shape index (κ2) is 7.11. The quantitative estimate of drug-likeness (QED) is 0.852. The molecule has 0 aliphatic carbocycles. The van der Waals surface area contributed by atoms with Crippen LogP contribution in [-0.4, -0.2) is 7.05 Å². The fraction of sp³-hybridized carbons (Fsp3) is 0.333. The van der Waals surface area contributed by atoms with Gasteiger partial charge in [0.2, 0.25) is 0 Å². The number of para-hydroxylation sites is 1. The Morgan fingerprint density at radius 2 is 1.60 bits per heavy atom. The Bertz CT molecular complexity index is 549. The first-order valence-electron chi connectivity index (χ1n) is 7.15. The summed E-state index contributed by atoms with van der Waals surface area (Å²) in [5.41, 5.74) is 3.79. The van der Waals surface area contributed by atoms with Crippen LogP contribution in [0.4, 0.5) is 0 Å². The third-order valence-corrected chi connectivity index (χ3v) is 3.41. The maximum absolute atomic E-state index is 6.04. The summed E-state index contributed by atoms with van der Waals surface area (Å²) in [6.07, 6.45) is 0. The summed E-state index contributed by atoms with van der Waals surface area (Å²) in [5, 5.41) is 3.20. The third-order valence-electron chi connectivity index (χ3n) is 3.41. The summed E-state index contributed by atoms with van der Waals surface area (Å²) in [6, 6.07) is 16.7. The molecule has 0 bridgehead atoms. The van der Waals surface area contributed by atoms with E-state index in [0.29, 0.717) is 12.5 Å². The Hall–Kier alpha value is -1.80. The van der Waals surface area contributed by atoms with Crippen molar-refractivity contribution in [3.8, 4) is 5.75 Å². The third kappa shape index (κ3) is 3.61. The van der Waals surface area contributed by atoms with Gasteiger partial charge in [0.05, 0.1) is 0 Å². The van der Waals surface area contributed by atoms with E-state index in [4.69, 9.17) is 4.74 Å². The molecule has 2 aromatic rings. The fourth-order valence-electron chi connectivity index (χ4n) is 2.31. The van der Waals surface area contributed by atoms with Crippen LogP contribution in [0.3, 0.4) is 0 Å². The number of hydrogen-bond acceptors (Lipinski definition) is 2. The van der Waals surface area contributed by atoms with Crippen molar-refractivity contribution in [3.05, 3.63) is 65.2 Å². The molecule has 0 spiro atoms. The highest BCUT2D eigenvalue weighted by molar-refractivity contribution is 5.36. The molecule has 0 radical (unpaired) electrons. The lowest BCUT2D eigenvalue weighted by atomic mass is 10.0. The SMILES string of the molecule is CNCc1ccccc1COc1ccccc1C(C)C. The average Bonchev–Trinajstić information content (AvgIpc) is 2.47. The zero-order valence-corrected chi connectivity index (χ0v) is 12.5. The van der Waals surface area contributed by atoms with E-state index < -0.39 is 0 Å². The molecule has 0 saturated heterocycles. The first kappa shape index (κ1) is 14.6. The Labute approximate surface area is 121 Å². The maximum Gasteiger partial charge on any atom is 0.123 e. The van der Waals surface area contributed by atoms with E-state index >= 15 is 0 Å². The van der Waals surface area contributed by atoms with E-state index in [1.54, 1.807) is 0 Å². The van der Waals surface area contributed by atoms with Gasteiger partial charge in [-0.15, -0.1) is 0 Å². The summed E-state index contributed by atoms with van der Waals surface area (Å²) in [5.74, 6) is 1.46. The lowest BCUT2D eigenvalue weighted by Gasteiger charge is -2.15. The summed E-state index contributed by atoms with van der Waals surface area (Å²) in [6.45, 7) is 5.86. The molecular formula is C18H23NO. The van der Waals surface area contributed by atoms with Gasteiger partial charge in [-0.05, 0) is 35.7 Å². The van der Waals surface area contributed by atoms with Gasteiger partial charge < -0.3 is 10.1 Å². The zero-order valence-electron chi connectivity index (χ0n) is 12.5. The predicted octanol–water partition coefficient (Wildman–Crippen LogP) is 4.11. The smallest absolute Gasteiger partial charge is 0.123 e. The van der Waals surface area contributed by atoms with Crippen molar-refractivity contribution in [1.82, 2.24) is 5.32 Å². The molecule has 0 aliphatic rings. The number of hydrogen-bond donors (Lipinski definition) is 1. The van der Waals surface area contributed by atoms with Crippen LogP contribution in [0.1, 0.15) is 36.5 Å². The van der Waals surface area contributed by atoms with Gasteiger partial charge in [0.1, 0.15) is 12.4 Å². The molecule has 2 nitrogen and oxygen atoms in total. The molecule has 2 rings (SSSR count). The molecule has 0 unspecified atom stereocenters. The first-order chi connectivity index (χ1) is 9.72. The van der Waals surface area contributed by atoms with Crippen molar-refractivity contribution in [1.29, 1.82) is 0 Å². The minimum atomic E-state index is 0.471. The largest absolute Gasteiger partial charge is 0.489 e. The molecule has 0 heterocycles. The van der Waals surface area contributed by atoms with Crippen molar-refractivity contribution in [2.24, 2.45) is 0 Å². The van der Waals surface area contributed by atoms with Gasteiger partial charge in [-0.25, -0.2) is 0 Å². The number of benzene rings is 2. The van der Waals surface area contributed by atoms with E-state index in [2.05, 4.69) is 61.6 Å². The van der Waals surface area contributed by atoms with E-state index in [1.165, 1.54) is 16.7 Å². The molecule has 0 fully saturated rings. The van der Waals surface area contributed by atoms with Gasteiger partial charge in [-0.1, -0.05) is 56.3 Å². The Morgan fingerprint density at radius 1 is 0.950 bits per heavy atom. The Balaban J connectivity index is 2.13. The lowest BCUT2D eigenvalue weighted by molar-refractivity contribution is 0.300. The highest BCUT2D eigenvalue weighted by atomic mass is 16.5. The van der Waals surface area contributed by atoms with Crippen LogP contribution in [0.5, 0.6) is 5.75 Å². The zero-order chi connectivity index (χ0) is 14.4. The first-order valence-corrected chi connectivity index (χ1v) is 7.15. The fourth-order valence-corrected chi connectivity index (χ4v) is 2.31. The van der Waals surface area contributed by atoms with Crippen molar-refractivity contribution in [2.75, 3.05) is 7.05 Å². The lowest BCUT2D eigenvalue weighted by Crippen LogP contribution is -2.09. The summed E-state index contributed by atoms with van der Waals surface area (Å²) < 4.78 is 6.04. The minimum absolute atomic E-state index is 0.471. The van der Waals surface area contributed by atoms with Crippen molar-refractivity contribution in [2.45, 2.75) is 32.9 Å². The average molecular weight is 269 g/mol. The molecule has 0 atom stereocenters. The van der Waals surface area contributed by atoms with E-state index in [0.717, 1.165) is 12.3 Å². The van der Waals surface area contributed by atoms with Gasteiger partial charge in [-0.2, -0.15) is 0 Å². The summed E-state index contributed by atoms with van der Waals surface area (Å²) in [4.78, 5) is 0. The Morgan fingerprint density at radius 3 is 2.30 bits per heavy atom. The predicted molar refractivity (Wildman–Crippen MR) is 84.1 cm³/mol. The van der Waals surface area contributed by atoms with Crippen LogP contribution in [0.15, 0.2) is 48.5 Å². The number of nitrogens with one attached hydrogen (secondary N) is 1. The molecule has 2 aromatic carbocycles. The van der Waals surface area contributed by atoms with Crippen LogP contribution < -0.4 is 10.1 Å². The van der Waals surface area contributed by atoms with Gasteiger partial charge in [0.15, 0.2) is 0 Å². The summed E-state index contributed by atoms with van der Waals surface area (Å²) >= 11 is 0. The molecule has 1 N–H and O–H groups in total. The normalized spacial score (nSPS) is 10.8. The van der Waals surface area contributed by atoms with Crippen LogP contribution in [0.25, 0.3) is 0 Å². The van der Waals surface area contributed by atoms with Crippen molar-refractivity contribution in [3.63, 3.8) is 0 Å². The molecule has 0 amide bonds. The number of ether oxygens (including phenoxy) is 1. The highest BCUT2D eigenvalue weighted by Crippen LogP contribution is 2.26. The Kier molecular flexibility index (Phi) is 5.19. The van der Waals surface area contributed by atoms with Gasteiger partial charge in [-0.3, -0.25) is 0 Å². The molecular weight excluding hydrogens is 246 g/mol. The van der Waals surface area contributed by atoms with E-state index in [-0.39, 0.29) is 0 Å². The van der Waals surface area contributed by atoms with Crippen molar-refractivity contribution >= 4 is 0 Å². The van der Waals surface area contributed by atoms with Crippen molar-refractivity contribution < 1.29 is 4.74 Å². The number of rotatable bonds is 6. The van der Waals surface area contributed by atoms with E-state index in [1.807, 2.05) is 13.1 Å². The van der Waals surface area contributed by atoms with Gasteiger partial charge >= 0.3 is 0 Å². The summed E-state index contributed by atoms with van der Waals surface area (Å²) in [7, 11) is 1.96. The molecule has 0 aliphatic heterocycles. The van der Waals surface area contributed by atoms with Crippen LogP contribution in [0, 0.1) is 0 Å². The molecule has 0 aromatic heterocycles. The van der Waals surface area contributed by atoms with Crippen LogP contribution in [0.2, 0.25) is 0 Å². The van der Waals surface area contributed by atoms with Gasteiger partial charge in [0, 0.05) is 6.54 Å². The molecule has 20 heavy (non-hydrogen) atoms.